The minimum atomic E-state index is -0.287. The first-order valence-corrected chi connectivity index (χ1v) is 6.96. The molecule has 1 rings (SSSR count). The van der Waals surface area contributed by atoms with E-state index >= 15 is 0 Å². The van der Waals surface area contributed by atoms with Gasteiger partial charge in [-0.15, -0.1) is 0 Å². The van der Waals surface area contributed by atoms with Crippen molar-refractivity contribution in [3.8, 4) is 0 Å². The van der Waals surface area contributed by atoms with E-state index in [9.17, 15) is 9.59 Å². The van der Waals surface area contributed by atoms with Gasteiger partial charge in [-0.1, -0.05) is 23.7 Å². The molecule has 0 aliphatic heterocycles. The Bertz CT molecular complexity index is 464. The molecule has 0 radical (unpaired) electrons. The third kappa shape index (κ3) is 7.14. The second-order valence-electron chi connectivity index (χ2n) is 5.70. The molecular formula is C15H21ClN2O2. The van der Waals surface area contributed by atoms with E-state index in [2.05, 4.69) is 10.6 Å². The summed E-state index contributed by atoms with van der Waals surface area (Å²) in [5.74, 6) is -0.318. The van der Waals surface area contributed by atoms with Crippen LogP contribution in [0.1, 0.15) is 32.8 Å². The van der Waals surface area contributed by atoms with Crippen molar-refractivity contribution in [3.63, 3.8) is 0 Å². The summed E-state index contributed by atoms with van der Waals surface area (Å²) in [6.45, 7) is 5.70. The molecule has 4 nitrogen and oxygen atoms in total. The lowest BCUT2D eigenvalue weighted by Gasteiger charge is -2.20. The van der Waals surface area contributed by atoms with E-state index in [0.29, 0.717) is 17.9 Å². The van der Waals surface area contributed by atoms with E-state index in [0.717, 1.165) is 5.56 Å². The number of rotatable bonds is 5. The molecule has 0 saturated carbocycles. The zero-order chi connectivity index (χ0) is 15.2. The van der Waals surface area contributed by atoms with E-state index in [4.69, 9.17) is 11.6 Å². The maximum atomic E-state index is 11.6. The molecule has 1 aromatic rings. The van der Waals surface area contributed by atoms with E-state index in [1.54, 1.807) is 12.1 Å². The summed E-state index contributed by atoms with van der Waals surface area (Å²) in [6, 6.07) is 7.38. The van der Waals surface area contributed by atoms with Gasteiger partial charge in [-0.3, -0.25) is 9.59 Å². The van der Waals surface area contributed by atoms with Crippen LogP contribution in [0.5, 0.6) is 0 Å². The highest BCUT2D eigenvalue weighted by Gasteiger charge is 2.14. The number of carbonyl (C=O) groups excluding carboxylic acids is 2. The number of aryl methyl sites for hydroxylation is 1. The summed E-state index contributed by atoms with van der Waals surface area (Å²) >= 11 is 5.79. The fraction of sp³-hybridized carbons (Fsp3) is 0.467. The molecule has 2 amide bonds. The van der Waals surface area contributed by atoms with Gasteiger partial charge in [-0.05, 0) is 44.9 Å². The molecular weight excluding hydrogens is 276 g/mol. The first kappa shape index (κ1) is 16.5. The van der Waals surface area contributed by atoms with E-state index < -0.39 is 0 Å². The summed E-state index contributed by atoms with van der Waals surface area (Å²) in [4.78, 5) is 23.2. The number of nitrogens with one attached hydrogen (secondary N) is 2. The smallest absolute Gasteiger partial charge is 0.239 e. The lowest BCUT2D eigenvalue weighted by atomic mass is 10.1. The van der Waals surface area contributed by atoms with Crippen molar-refractivity contribution in [2.75, 3.05) is 6.54 Å². The number of halogens is 1. The van der Waals surface area contributed by atoms with Crippen molar-refractivity contribution >= 4 is 23.4 Å². The molecule has 5 heteroatoms. The van der Waals surface area contributed by atoms with Gasteiger partial charge in [-0.25, -0.2) is 0 Å². The van der Waals surface area contributed by atoms with Gasteiger partial charge < -0.3 is 10.6 Å². The predicted molar refractivity (Wildman–Crippen MR) is 80.7 cm³/mol. The molecule has 0 atom stereocenters. The van der Waals surface area contributed by atoms with Gasteiger partial charge in [-0.2, -0.15) is 0 Å². The maximum Gasteiger partial charge on any atom is 0.239 e. The van der Waals surface area contributed by atoms with Crippen LogP contribution in [-0.4, -0.2) is 23.9 Å². The Kier molecular flexibility index (Phi) is 6.02. The van der Waals surface area contributed by atoms with Gasteiger partial charge in [0.15, 0.2) is 0 Å². The predicted octanol–water partition coefficient (Wildman–Crippen LogP) is 2.30. The SMILES string of the molecule is CC(C)(C)NC(=O)CNC(=O)CCc1ccc(Cl)cc1. The van der Waals surface area contributed by atoms with Gasteiger partial charge in [0.05, 0.1) is 6.54 Å². The summed E-state index contributed by atoms with van der Waals surface area (Å²) in [5, 5.41) is 6.07. The quantitative estimate of drug-likeness (QED) is 0.876. The Morgan fingerprint density at radius 2 is 1.70 bits per heavy atom. The fourth-order valence-electron chi connectivity index (χ4n) is 1.64. The van der Waals surface area contributed by atoms with Crippen LogP contribution in [0, 0.1) is 0 Å². The van der Waals surface area contributed by atoms with Crippen LogP contribution in [0.2, 0.25) is 5.02 Å². The first-order chi connectivity index (χ1) is 9.26. The molecule has 0 bridgehead atoms. The molecule has 1 aromatic carbocycles. The molecule has 0 aliphatic rings. The Balaban J connectivity index is 2.27. The van der Waals surface area contributed by atoms with Crippen LogP contribution in [0.4, 0.5) is 0 Å². The van der Waals surface area contributed by atoms with Crippen molar-refractivity contribution in [1.82, 2.24) is 10.6 Å². The lowest BCUT2D eigenvalue weighted by molar-refractivity contribution is -0.126. The minimum absolute atomic E-state index is 0.0106. The van der Waals surface area contributed by atoms with Crippen molar-refractivity contribution < 1.29 is 9.59 Å². The number of carbonyl (C=O) groups is 2. The van der Waals surface area contributed by atoms with Gasteiger partial charge in [0.1, 0.15) is 0 Å². The molecule has 0 unspecified atom stereocenters. The first-order valence-electron chi connectivity index (χ1n) is 6.58. The van der Waals surface area contributed by atoms with Crippen molar-refractivity contribution in [3.05, 3.63) is 34.9 Å². The van der Waals surface area contributed by atoms with Gasteiger partial charge in [0, 0.05) is 17.0 Å². The van der Waals surface area contributed by atoms with Crippen LogP contribution in [0.25, 0.3) is 0 Å². The highest BCUT2D eigenvalue weighted by Crippen LogP contribution is 2.10. The number of hydrogen-bond donors (Lipinski definition) is 2. The molecule has 0 spiro atoms. The zero-order valence-corrected chi connectivity index (χ0v) is 12.9. The fourth-order valence-corrected chi connectivity index (χ4v) is 1.76. The molecule has 0 aliphatic carbocycles. The molecule has 0 fully saturated rings. The highest BCUT2D eigenvalue weighted by molar-refractivity contribution is 6.30. The van der Waals surface area contributed by atoms with E-state index in [1.165, 1.54) is 0 Å². The highest BCUT2D eigenvalue weighted by atomic mass is 35.5. The lowest BCUT2D eigenvalue weighted by Crippen LogP contribution is -2.45. The van der Waals surface area contributed by atoms with Crippen molar-refractivity contribution in [1.29, 1.82) is 0 Å². The normalized spacial score (nSPS) is 11.0. The number of hydrogen-bond acceptors (Lipinski definition) is 2. The third-order valence-corrected chi connectivity index (χ3v) is 2.77. The topological polar surface area (TPSA) is 58.2 Å². The van der Waals surface area contributed by atoms with E-state index in [1.807, 2.05) is 32.9 Å². The van der Waals surface area contributed by atoms with Crippen molar-refractivity contribution in [2.45, 2.75) is 39.2 Å². The summed E-state index contributed by atoms with van der Waals surface area (Å²) in [5.41, 5.74) is 0.758. The molecule has 0 heterocycles. The molecule has 2 N–H and O–H groups in total. The second kappa shape index (κ2) is 7.29. The average molecular weight is 297 g/mol. The Morgan fingerprint density at radius 1 is 1.10 bits per heavy atom. The van der Waals surface area contributed by atoms with Crippen LogP contribution < -0.4 is 10.6 Å². The molecule has 110 valence electrons. The maximum absolute atomic E-state index is 11.6. The Labute approximate surface area is 124 Å². The van der Waals surface area contributed by atoms with Gasteiger partial charge in [0.2, 0.25) is 11.8 Å². The zero-order valence-electron chi connectivity index (χ0n) is 12.1. The average Bonchev–Trinajstić information content (AvgIpc) is 2.33. The summed E-state index contributed by atoms with van der Waals surface area (Å²) in [7, 11) is 0. The largest absolute Gasteiger partial charge is 0.350 e. The van der Waals surface area contributed by atoms with Gasteiger partial charge >= 0.3 is 0 Å². The standard InChI is InChI=1S/C15H21ClN2O2/c1-15(2,3)18-14(20)10-17-13(19)9-6-11-4-7-12(16)8-5-11/h4-5,7-8H,6,9-10H2,1-3H3,(H,17,19)(H,18,20). The Hall–Kier alpha value is -1.55. The van der Waals surface area contributed by atoms with Gasteiger partial charge in [0.25, 0.3) is 0 Å². The third-order valence-electron chi connectivity index (χ3n) is 2.51. The van der Waals surface area contributed by atoms with Crippen LogP contribution in [-0.2, 0) is 16.0 Å². The van der Waals surface area contributed by atoms with Crippen LogP contribution >= 0.6 is 11.6 Å². The number of amides is 2. The molecule has 0 aromatic heterocycles. The summed E-state index contributed by atoms with van der Waals surface area (Å²) < 4.78 is 0. The van der Waals surface area contributed by atoms with E-state index in [-0.39, 0.29) is 23.9 Å². The van der Waals surface area contributed by atoms with Crippen molar-refractivity contribution in [2.24, 2.45) is 0 Å². The van der Waals surface area contributed by atoms with Crippen LogP contribution in [0.15, 0.2) is 24.3 Å². The second-order valence-corrected chi connectivity index (χ2v) is 6.14. The Morgan fingerprint density at radius 3 is 2.25 bits per heavy atom. The minimum Gasteiger partial charge on any atom is -0.350 e. The number of benzene rings is 1. The molecule has 0 saturated heterocycles. The molecule has 20 heavy (non-hydrogen) atoms. The summed E-state index contributed by atoms with van der Waals surface area (Å²) in [6.07, 6.45) is 0.980. The monoisotopic (exact) mass is 296 g/mol. The van der Waals surface area contributed by atoms with Crippen LogP contribution in [0.3, 0.4) is 0 Å².